The highest BCUT2D eigenvalue weighted by atomic mass is 32.2. The molecule has 0 unspecified atom stereocenters. The summed E-state index contributed by atoms with van der Waals surface area (Å²) in [5, 5.41) is 2.48. The van der Waals surface area contributed by atoms with Gasteiger partial charge in [-0.15, -0.1) is 11.8 Å². The molecule has 6 heteroatoms. The Kier molecular flexibility index (Phi) is 6.67. The highest BCUT2D eigenvalue weighted by molar-refractivity contribution is 8.01. The van der Waals surface area contributed by atoms with Gasteiger partial charge in [-0.25, -0.2) is 0 Å². The number of aryl methyl sites for hydroxylation is 1. The highest BCUT2D eigenvalue weighted by Gasteiger charge is 2.30. The number of para-hydroxylation sites is 1. The largest absolute Gasteiger partial charge is 0.334 e. The smallest absolute Gasteiger partial charge is 0.238 e. The standard InChI is InChI=1S/C25H25N3O2S/c1-2-18-9-11-19(12-10-18)16-28(17-20-6-5-13-26-15-20)24(29)14-23-25(30)27-21-7-3-4-8-22(21)31-23/h3-13,15,23H,2,14,16-17H2,1H3,(H,27,30)/t23-/m1/s1. The molecule has 1 aliphatic rings. The molecule has 1 atom stereocenters. The number of carbonyl (C=O) groups is 2. The van der Waals surface area contributed by atoms with E-state index < -0.39 is 5.25 Å². The van der Waals surface area contributed by atoms with Crippen LogP contribution < -0.4 is 5.32 Å². The Balaban J connectivity index is 1.51. The van der Waals surface area contributed by atoms with Crippen molar-refractivity contribution in [1.82, 2.24) is 9.88 Å². The molecule has 158 valence electrons. The molecule has 5 nitrogen and oxygen atoms in total. The average Bonchev–Trinajstić information content (AvgIpc) is 2.80. The van der Waals surface area contributed by atoms with Crippen molar-refractivity contribution in [3.63, 3.8) is 0 Å². The number of hydrogen-bond donors (Lipinski definition) is 1. The van der Waals surface area contributed by atoms with E-state index in [2.05, 4.69) is 41.5 Å². The number of aromatic nitrogens is 1. The van der Waals surface area contributed by atoms with Crippen LogP contribution in [0.2, 0.25) is 0 Å². The monoisotopic (exact) mass is 431 g/mol. The van der Waals surface area contributed by atoms with Crippen molar-refractivity contribution < 1.29 is 9.59 Å². The van der Waals surface area contributed by atoms with Crippen molar-refractivity contribution >= 4 is 29.3 Å². The first-order valence-electron chi connectivity index (χ1n) is 10.4. The van der Waals surface area contributed by atoms with Gasteiger partial charge in [0.2, 0.25) is 11.8 Å². The number of anilines is 1. The lowest BCUT2D eigenvalue weighted by Gasteiger charge is -2.27. The van der Waals surface area contributed by atoms with Crippen LogP contribution in [-0.2, 0) is 29.1 Å². The third-order valence-electron chi connectivity index (χ3n) is 5.32. The van der Waals surface area contributed by atoms with Gasteiger partial charge in [-0.1, -0.05) is 49.4 Å². The van der Waals surface area contributed by atoms with Crippen LogP contribution in [0, 0.1) is 0 Å². The summed E-state index contributed by atoms with van der Waals surface area (Å²) in [7, 11) is 0. The fourth-order valence-electron chi connectivity index (χ4n) is 3.56. The number of nitrogens with one attached hydrogen (secondary N) is 1. The van der Waals surface area contributed by atoms with E-state index in [0.29, 0.717) is 13.1 Å². The third kappa shape index (κ3) is 5.33. The fraction of sp³-hybridized carbons (Fsp3) is 0.240. The number of carbonyl (C=O) groups excluding carboxylic acids is 2. The van der Waals surface area contributed by atoms with Crippen LogP contribution in [0.15, 0.2) is 78.0 Å². The van der Waals surface area contributed by atoms with Crippen LogP contribution in [-0.4, -0.2) is 26.9 Å². The van der Waals surface area contributed by atoms with Gasteiger partial charge in [0, 0.05) is 36.8 Å². The molecule has 0 spiro atoms. The second-order valence-corrected chi connectivity index (χ2v) is 8.82. The number of nitrogens with zero attached hydrogens (tertiary/aromatic N) is 2. The maximum absolute atomic E-state index is 13.3. The Bertz CT molecular complexity index is 1050. The lowest BCUT2D eigenvalue weighted by molar-refractivity contribution is -0.133. The van der Waals surface area contributed by atoms with Gasteiger partial charge in [0.15, 0.2) is 0 Å². The molecular weight excluding hydrogens is 406 g/mol. The van der Waals surface area contributed by atoms with Crippen LogP contribution in [0.5, 0.6) is 0 Å². The molecule has 1 aromatic heterocycles. The number of thioether (sulfide) groups is 1. The Labute approximate surface area is 186 Å². The van der Waals surface area contributed by atoms with Gasteiger partial charge >= 0.3 is 0 Å². The number of rotatable bonds is 7. The minimum Gasteiger partial charge on any atom is -0.334 e. The molecule has 4 rings (SSSR count). The van der Waals surface area contributed by atoms with Crippen LogP contribution in [0.1, 0.15) is 30.0 Å². The molecule has 31 heavy (non-hydrogen) atoms. The van der Waals surface area contributed by atoms with E-state index in [4.69, 9.17) is 0 Å². The van der Waals surface area contributed by atoms with E-state index >= 15 is 0 Å². The quantitative estimate of drug-likeness (QED) is 0.590. The van der Waals surface area contributed by atoms with Crippen LogP contribution >= 0.6 is 11.8 Å². The predicted molar refractivity (Wildman–Crippen MR) is 124 cm³/mol. The molecular formula is C25H25N3O2S. The summed E-state index contributed by atoms with van der Waals surface area (Å²) in [5.41, 5.74) is 4.11. The first-order chi connectivity index (χ1) is 15.1. The van der Waals surface area contributed by atoms with Gasteiger partial charge in [-0.05, 0) is 41.3 Å². The zero-order valence-corrected chi connectivity index (χ0v) is 18.3. The molecule has 1 N–H and O–H groups in total. The lowest BCUT2D eigenvalue weighted by Crippen LogP contribution is -2.37. The first kappa shape index (κ1) is 21.1. The summed E-state index contributed by atoms with van der Waals surface area (Å²) >= 11 is 1.46. The number of pyridine rings is 1. The van der Waals surface area contributed by atoms with Crippen LogP contribution in [0.25, 0.3) is 0 Å². The fourth-order valence-corrected chi connectivity index (χ4v) is 4.66. The SMILES string of the molecule is CCc1ccc(CN(Cc2cccnc2)C(=O)C[C@H]2Sc3ccccc3NC2=O)cc1. The third-order valence-corrected chi connectivity index (χ3v) is 6.60. The lowest BCUT2D eigenvalue weighted by atomic mass is 10.1. The van der Waals surface area contributed by atoms with Gasteiger partial charge < -0.3 is 10.2 Å². The Morgan fingerprint density at radius 1 is 1.00 bits per heavy atom. The number of fused-ring (bicyclic) bond motifs is 1. The van der Waals surface area contributed by atoms with Gasteiger partial charge in [0.25, 0.3) is 0 Å². The number of benzene rings is 2. The normalized spacial score (nSPS) is 15.1. The van der Waals surface area contributed by atoms with Crippen LogP contribution in [0.4, 0.5) is 5.69 Å². The minimum atomic E-state index is -0.443. The Morgan fingerprint density at radius 3 is 2.48 bits per heavy atom. The summed E-state index contributed by atoms with van der Waals surface area (Å²) in [4.78, 5) is 32.9. The van der Waals surface area contributed by atoms with Gasteiger partial charge in [-0.3, -0.25) is 14.6 Å². The van der Waals surface area contributed by atoms with Crippen molar-refractivity contribution in [1.29, 1.82) is 0 Å². The zero-order valence-electron chi connectivity index (χ0n) is 17.5. The maximum Gasteiger partial charge on any atom is 0.238 e. The van der Waals surface area contributed by atoms with E-state index in [1.807, 2.05) is 41.3 Å². The molecule has 0 saturated heterocycles. The molecule has 0 radical (unpaired) electrons. The van der Waals surface area contributed by atoms with Crippen LogP contribution in [0.3, 0.4) is 0 Å². The summed E-state index contributed by atoms with van der Waals surface area (Å²) in [5.74, 6) is -0.166. The van der Waals surface area contributed by atoms with E-state index in [1.165, 1.54) is 17.3 Å². The van der Waals surface area contributed by atoms with Gasteiger partial charge in [0.1, 0.15) is 0 Å². The van der Waals surface area contributed by atoms with Crippen molar-refractivity contribution in [2.45, 2.75) is 43.0 Å². The number of hydrogen-bond acceptors (Lipinski definition) is 4. The van der Waals surface area contributed by atoms with E-state index in [1.54, 1.807) is 12.4 Å². The molecule has 0 saturated carbocycles. The molecule has 2 aromatic carbocycles. The van der Waals surface area contributed by atoms with Crippen molar-refractivity contribution in [2.24, 2.45) is 0 Å². The van der Waals surface area contributed by atoms with Crippen molar-refractivity contribution in [2.75, 3.05) is 5.32 Å². The topological polar surface area (TPSA) is 62.3 Å². The van der Waals surface area contributed by atoms with E-state index in [0.717, 1.165) is 28.1 Å². The molecule has 0 fully saturated rings. The van der Waals surface area contributed by atoms with E-state index in [-0.39, 0.29) is 18.2 Å². The Morgan fingerprint density at radius 2 is 1.74 bits per heavy atom. The summed E-state index contributed by atoms with van der Waals surface area (Å²) < 4.78 is 0. The molecule has 0 bridgehead atoms. The maximum atomic E-state index is 13.3. The highest BCUT2D eigenvalue weighted by Crippen LogP contribution is 2.37. The van der Waals surface area contributed by atoms with E-state index in [9.17, 15) is 9.59 Å². The predicted octanol–water partition coefficient (Wildman–Crippen LogP) is 4.68. The van der Waals surface area contributed by atoms with Crippen molar-refractivity contribution in [3.05, 3.63) is 89.7 Å². The summed E-state index contributed by atoms with van der Waals surface area (Å²) in [6, 6.07) is 19.9. The van der Waals surface area contributed by atoms with Crippen molar-refractivity contribution in [3.8, 4) is 0 Å². The molecule has 1 aliphatic heterocycles. The first-order valence-corrected chi connectivity index (χ1v) is 11.3. The molecule has 2 amide bonds. The zero-order chi connectivity index (χ0) is 21.6. The minimum absolute atomic E-state index is 0.0459. The summed E-state index contributed by atoms with van der Waals surface area (Å²) in [6.45, 7) is 3.07. The second kappa shape index (κ2) is 9.79. The Hall–Kier alpha value is -3.12. The molecule has 2 heterocycles. The number of amides is 2. The van der Waals surface area contributed by atoms with Gasteiger partial charge in [-0.2, -0.15) is 0 Å². The molecule has 3 aromatic rings. The summed E-state index contributed by atoms with van der Waals surface area (Å²) in [6.07, 6.45) is 4.63. The van der Waals surface area contributed by atoms with Gasteiger partial charge in [0.05, 0.1) is 10.9 Å². The molecule has 0 aliphatic carbocycles. The second-order valence-electron chi connectivity index (χ2n) is 7.58. The average molecular weight is 432 g/mol.